The number of thiophene rings is 1. The first kappa shape index (κ1) is 13.7. The van der Waals surface area contributed by atoms with E-state index in [2.05, 4.69) is 4.37 Å². The fourth-order valence-electron chi connectivity index (χ4n) is 1.64. The van der Waals surface area contributed by atoms with Crippen molar-refractivity contribution in [2.45, 2.75) is 13.8 Å². The molecule has 0 aliphatic heterocycles. The van der Waals surface area contributed by atoms with Crippen LogP contribution in [0.1, 0.15) is 30.6 Å². The van der Waals surface area contributed by atoms with Crippen molar-refractivity contribution in [2.75, 3.05) is 11.9 Å². The van der Waals surface area contributed by atoms with Crippen LogP contribution >= 0.6 is 22.9 Å². The highest BCUT2D eigenvalue weighted by Crippen LogP contribution is 2.29. The van der Waals surface area contributed by atoms with Crippen molar-refractivity contribution in [3.05, 3.63) is 33.1 Å². The molecule has 2 rings (SSSR count). The number of aryl methyl sites for hydroxylation is 2. The number of hydrogen-bond donors (Lipinski definition) is 1. The van der Waals surface area contributed by atoms with Crippen molar-refractivity contribution in [1.82, 2.24) is 4.37 Å². The van der Waals surface area contributed by atoms with E-state index < -0.39 is 5.97 Å². The fourth-order valence-corrected chi connectivity index (χ4v) is 3.33. The van der Waals surface area contributed by atoms with E-state index in [1.807, 2.05) is 13.0 Å². The second-order valence-electron chi connectivity index (χ2n) is 4.03. The summed E-state index contributed by atoms with van der Waals surface area (Å²) in [7, 11) is 1.57. The molecule has 5 nitrogen and oxygen atoms in total. The van der Waals surface area contributed by atoms with Gasteiger partial charge in [-0.15, -0.1) is 11.3 Å². The molecule has 1 N–H and O–H groups in total. The molecular weight excluding hydrogens is 284 g/mol. The van der Waals surface area contributed by atoms with Crippen LogP contribution in [0.2, 0.25) is 0 Å². The Bertz CT molecular complexity index is 645. The highest BCUT2D eigenvalue weighted by Gasteiger charge is 2.25. The number of rotatable bonds is 3. The Morgan fingerprint density at radius 1 is 1.32 bits per heavy atom. The maximum Gasteiger partial charge on any atom is 0.340 e. The number of aromatic carboxylic acids is 1. The lowest BCUT2D eigenvalue weighted by molar-refractivity contribution is 0.0697. The van der Waals surface area contributed by atoms with Gasteiger partial charge >= 0.3 is 5.97 Å². The zero-order chi connectivity index (χ0) is 14.2. The zero-order valence-electron chi connectivity index (χ0n) is 10.6. The lowest BCUT2D eigenvalue weighted by atomic mass is 10.2. The number of nitrogens with zero attached hydrogens (tertiary/aromatic N) is 2. The van der Waals surface area contributed by atoms with Gasteiger partial charge in [0.25, 0.3) is 5.91 Å². The molecule has 0 radical (unpaired) electrons. The van der Waals surface area contributed by atoms with E-state index in [1.165, 1.54) is 16.2 Å². The molecule has 0 saturated carbocycles. The van der Waals surface area contributed by atoms with E-state index in [9.17, 15) is 14.7 Å². The molecule has 0 aromatic carbocycles. The predicted molar refractivity (Wildman–Crippen MR) is 75.6 cm³/mol. The van der Waals surface area contributed by atoms with Crippen LogP contribution in [0, 0.1) is 13.8 Å². The van der Waals surface area contributed by atoms with E-state index in [4.69, 9.17) is 0 Å². The number of carbonyl (C=O) groups is 2. The number of hydrogen-bond acceptors (Lipinski definition) is 5. The van der Waals surface area contributed by atoms with Gasteiger partial charge in [0.15, 0.2) is 0 Å². The highest BCUT2D eigenvalue weighted by atomic mass is 32.1. The van der Waals surface area contributed by atoms with E-state index in [0.29, 0.717) is 15.6 Å². The number of carbonyl (C=O) groups excluding carboxylic acids is 1. The molecule has 19 heavy (non-hydrogen) atoms. The van der Waals surface area contributed by atoms with Crippen molar-refractivity contribution in [1.29, 1.82) is 0 Å². The van der Waals surface area contributed by atoms with Gasteiger partial charge in [0.2, 0.25) is 0 Å². The predicted octanol–water partition coefficient (Wildman–Crippen LogP) is 2.80. The van der Waals surface area contributed by atoms with E-state index in [-0.39, 0.29) is 11.5 Å². The molecule has 0 aliphatic rings. The minimum Gasteiger partial charge on any atom is -0.478 e. The van der Waals surface area contributed by atoms with Gasteiger partial charge in [0.1, 0.15) is 10.6 Å². The molecule has 0 bridgehead atoms. The van der Waals surface area contributed by atoms with Gasteiger partial charge in [0, 0.05) is 11.9 Å². The molecule has 7 heteroatoms. The van der Waals surface area contributed by atoms with Crippen LogP contribution < -0.4 is 4.90 Å². The summed E-state index contributed by atoms with van der Waals surface area (Å²) in [6.07, 6.45) is 0. The summed E-state index contributed by atoms with van der Waals surface area (Å²) in [5, 5.41) is 9.53. The Morgan fingerprint density at radius 3 is 2.53 bits per heavy atom. The number of aromatic nitrogens is 1. The summed E-state index contributed by atoms with van der Waals surface area (Å²) in [4.78, 5) is 26.4. The lowest BCUT2D eigenvalue weighted by Crippen LogP contribution is -2.26. The molecule has 0 saturated heterocycles. The van der Waals surface area contributed by atoms with Crippen LogP contribution in [-0.2, 0) is 0 Å². The summed E-state index contributed by atoms with van der Waals surface area (Å²) in [5.74, 6) is -1.28. The van der Waals surface area contributed by atoms with E-state index >= 15 is 0 Å². The smallest absolute Gasteiger partial charge is 0.340 e. The van der Waals surface area contributed by atoms with Crippen molar-refractivity contribution in [3.8, 4) is 0 Å². The second-order valence-corrected chi connectivity index (χ2v) is 6.07. The van der Waals surface area contributed by atoms with Gasteiger partial charge in [-0.05, 0) is 37.5 Å². The zero-order valence-corrected chi connectivity index (χ0v) is 12.3. The van der Waals surface area contributed by atoms with Crippen LogP contribution in [0.5, 0.6) is 0 Å². The third kappa shape index (κ3) is 2.52. The van der Waals surface area contributed by atoms with Crippen LogP contribution in [0.15, 0.2) is 12.1 Å². The molecule has 100 valence electrons. The summed E-state index contributed by atoms with van der Waals surface area (Å²) in [6.45, 7) is 3.54. The maximum absolute atomic E-state index is 12.3. The normalized spacial score (nSPS) is 10.5. The first-order chi connectivity index (χ1) is 8.91. The Balaban J connectivity index is 2.37. The number of carboxylic acids is 1. The fraction of sp³-hybridized carbons (Fsp3) is 0.250. The molecule has 0 aliphatic carbocycles. The summed E-state index contributed by atoms with van der Waals surface area (Å²) in [6, 6.07) is 3.61. The van der Waals surface area contributed by atoms with E-state index in [1.54, 1.807) is 20.0 Å². The SMILES string of the molecule is Cc1ccc(C(=O)N(C)c2snc(C)c2C(=O)O)s1. The first-order valence-electron chi connectivity index (χ1n) is 5.46. The Kier molecular flexibility index (Phi) is 3.68. The molecule has 0 unspecified atom stereocenters. The Hall–Kier alpha value is -1.73. The quantitative estimate of drug-likeness (QED) is 0.945. The molecule has 0 spiro atoms. The van der Waals surface area contributed by atoms with Crippen LogP contribution in [0.4, 0.5) is 5.00 Å². The van der Waals surface area contributed by atoms with Gasteiger partial charge < -0.3 is 10.0 Å². The van der Waals surface area contributed by atoms with Gasteiger partial charge in [-0.2, -0.15) is 4.37 Å². The highest BCUT2D eigenvalue weighted by molar-refractivity contribution is 7.14. The van der Waals surface area contributed by atoms with Gasteiger partial charge in [-0.3, -0.25) is 4.79 Å². The number of anilines is 1. The molecule has 2 aromatic heterocycles. The Morgan fingerprint density at radius 2 is 2.00 bits per heavy atom. The first-order valence-corrected chi connectivity index (χ1v) is 7.05. The topological polar surface area (TPSA) is 70.5 Å². The third-order valence-corrected chi connectivity index (χ3v) is 4.62. The van der Waals surface area contributed by atoms with E-state index in [0.717, 1.165) is 16.4 Å². The summed E-state index contributed by atoms with van der Waals surface area (Å²) in [5.41, 5.74) is 0.517. The van der Waals surface area contributed by atoms with Gasteiger partial charge in [0.05, 0.1) is 10.6 Å². The largest absolute Gasteiger partial charge is 0.478 e. The Labute approximate surface area is 118 Å². The molecular formula is C12H12N2O3S2. The number of carboxylic acid groups (broad SMARTS) is 1. The number of amides is 1. The molecule has 0 atom stereocenters. The average Bonchev–Trinajstić information content (AvgIpc) is 2.93. The average molecular weight is 296 g/mol. The lowest BCUT2D eigenvalue weighted by Gasteiger charge is -2.14. The van der Waals surface area contributed by atoms with Crippen LogP contribution in [0.3, 0.4) is 0 Å². The maximum atomic E-state index is 12.3. The van der Waals surface area contributed by atoms with Gasteiger partial charge in [-0.25, -0.2) is 4.79 Å². The minimum atomic E-state index is -1.07. The van der Waals surface area contributed by atoms with Crippen LogP contribution in [0.25, 0.3) is 0 Å². The van der Waals surface area contributed by atoms with Crippen molar-refractivity contribution >= 4 is 39.7 Å². The van der Waals surface area contributed by atoms with Crippen molar-refractivity contribution in [2.24, 2.45) is 0 Å². The summed E-state index contributed by atoms with van der Waals surface area (Å²) >= 11 is 2.41. The molecule has 2 heterocycles. The van der Waals surface area contributed by atoms with Crippen molar-refractivity contribution in [3.63, 3.8) is 0 Å². The monoisotopic (exact) mass is 296 g/mol. The molecule has 1 amide bonds. The van der Waals surface area contributed by atoms with Gasteiger partial charge in [-0.1, -0.05) is 0 Å². The third-order valence-electron chi connectivity index (χ3n) is 2.62. The van der Waals surface area contributed by atoms with Crippen LogP contribution in [-0.4, -0.2) is 28.4 Å². The second kappa shape index (κ2) is 5.10. The standard InChI is InChI=1S/C12H12N2O3S2/c1-6-4-5-8(18-6)10(15)14(3)11-9(12(16)17)7(2)13-19-11/h4-5H,1-3H3,(H,16,17). The van der Waals surface area contributed by atoms with Crippen molar-refractivity contribution < 1.29 is 14.7 Å². The molecule has 2 aromatic rings. The molecule has 0 fully saturated rings. The minimum absolute atomic E-state index is 0.0918. The summed E-state index contributed by atoms with van der Waals surface area (Å²) < 4.78 is 4.01.